The van der Waals surface area contributed by atoms with Gasteiger partial charge < -0.3 is 14.5 Å². The first kappa shape index (κ1) is 20.8. The molecule has 0 saturated carbocycles. The fourth-order valence-corrected chi connectivity index (χ4v) is 4.30. The summed E-state index contributed by atoms with van der Waals surface area (Å²) in [7, 11) is 0. The van der Waals surface area contributed by atoms with E-state index in [9.17, 15) is 4.79 Å². The predicted octanol–water partition coefficient (Wildman–Crippen LogP) is 3.21. The number of amides is 1. The summed E-state index contributed by atoms with van der Waals surface area (Å²) in [5.41, 5.74) is 0.716. The van der Waals surface area contributed by atoms with Crippen LogP contribution in [0.4, 0.5) is 0 Å². The fourth-order valence-electron chi connectivity index (χ4n) is 3.45. The van der Waals surface area contributed by atoms with Gasteiger partial charge in [-0.05, 0) is 32.0 Å². The van der Waals surface area contributed by atoms with E-state index in [1.54, 1.807) is 6.26 Å². The summed E-state index contributed by atoms with van der Waals surface area (Å²) in [6.07, 6.45) is 1.60. The van der Waals surface area contributed by atoms with Crippen molar-refractivity contribution in [2.75, 3.05) is 38.6 Å². The second kappa shape index (κ2) is 9.16. The Hall–Kier alpha value is -2.42. The zero-order chi connectivity index (χ0) is 21.0. The molecule has 4 rings (SSSR count). The van der Waals surface area contributed by atoms with Gasteiger partial charge in [0.05, 0.1) is 30.7 Å². The Balaban J connectivity index is 1.42. The molecule has 0 spiro atoms. The van der Waals surface area contributed by atoms with Crippen molar-refractivity contribution in [2.45, 2.75) is 24.4 Å². The molecule has 1 saturated heterocycles. The van der Waals surface area contributed by atoms with E-state index in [0.717, 1.165) is 42.2 Å². The van der Waals surface area contributed by atoms with Gasteiger partial charge in [-0.3, -0.25) is 9.69 Å². The maximum atomic E-state index is 12.6. The number of rotatable bonds is 7. The van der Waals surface area contributed by atoms with Gasteiger partial charge in [0.25, 0.3) is 0 Å². The summed E-state index contributed by atoms with van der Waals surface area (Å²) in [4.78, 5) is 24.2. The highest BCUT2D eigenvalue weighted by molar-refractivity contribution is 8.00. The van der Waals surface area contributed by atoms with Crippen molar-refractivity contribution in [3.63, 3.8) is 0 Å². The van der Waals surface area contributed by atoms with E-state index in [2.05, 4.69) is 34.0 Å². The highest BCUT2D eigenvalue weighted by atomic mass is 32.2. The molecule has 7 nitrogen and oxygen atoms in total. The highest BCUT2D eigenvalue weighted by Crippen LogP contribution is 2.28. The Morgan fingerprint density at radius 3 is 2.73 bits per heavy atom. The lowest BCUT2D eigenvalue weighted by molar-refractivity contribution is -0.119. The van der Waals surface area contributed by atoms with Crippen LogP contribution in [0.5, 0.6) is 0 Å². The number of morpholine rings is 1. The van der Waals surface area contributed by atoms with Crippen LogP contribution in [0.1, 0.15) is 13.8 Å². The molecule has 158 valence electrons. The van der Waals surface area contributed by atoms with Gasteiger partial charge in [0.1, 0.15) is 5.03 Å². The van der Waals surface area contributed by atoms with Gasteiger partial charge in [0, 0.05) is 30.6 Å². The number of thioether (sulfide) groups is 1. The van der Waals surface area contributed by atoms with E-state index >= 15 is 0 Å². The van der Waals surface area contributed by atoms with Crippen LogP contribution in [-0.2, 0) is 9.53 Å². The summed E-state index contributed by atoms with van der Waals surface area (Å²) in [5, 5.41) is 4.78. The van der Waals surface area contributed by atoms with Crippen LogP contribution >= 0.6 is 11.8 Å². The number of aromatic nitrogens is 2. The molecule has 3 heterocycles. The fraction of sp³-hybridized carbons (Fsp3) is 0.409. The van der Waals surface area contributed by atoms with Crippen molar-refractivity contribution >= 4 is 28.6 Å². The van der Waals surface area contributed by atoms with Gasteiger partial charge >= 0.3 is 0 Å². The summed E-state index contributed by atoms with van der Waals surface area (Å²) < 4.78 is 10.9. The number of hydrogen-bond acceptors (Lipinski definition) is 7. The number of benzene rings is 1. The zero-order valence-corrected chi connectivity index (χ0v) is 18.1. The predicted molar refractivity (Wildman–Crippen MR) is 117 cm³/mol. The molecule has 3 aromatic rings. The molecule has 30 heavy (non-hydrogen) atoms. The quantitative estimate of drug-likeness (QED) is 0.459. The van der Waals surface area contributed by atoms with E-state index < -0.39 is 0 Å². The van der Waals surface area contributed by atoms with E-state index in [1.807, 2.05) is 36.4 Å². The first-order valence-corrected chi connectivity index (χ1v) is 11.0. The lowest BCUT2D eigenvalue weighted by Gasteiger charge is -2.40. The summed E-state index contributed by atoms with van der Waals surface area (Å²) in [6.45, 7) is 8.16. The number of para-hydroxylation sites is 1. The third-order valence-electron chi connectivity index (χ3n) is 5.24. The molecule has 0 bridgehead atoms. The highest BCUT2D eigenvalue weighted by Gasteiger charge is 2.28. The van der Waals surface area contributed by atoms with Gasteiger partial charge in [-0.1, -0.05) is 30.0 Å². The van der Waals surface area contributed by atoms with Crippen LogP contribution < -0.4 is 5.32 Å². The molecule has 1 aromatic carbocycles. The lowest BCUT2D eigenvalue weighted by Crippen LogP contribution is -2.55. The van der Waals surface area contributed by atoms with Crippen molar-refractivity contribution in [3.8, 4) is 11.6 Å². The normalized spacial score (nSPS) is 15.4. The third-order valence-corrected chi connectivity index (χ3v) is 6.23. The van der Waals surface area contributed by atoms with Crippen molar-refractivity contribution in [3.05, 3.63) is 42.7 Å². The summed E-state index contributed by atoms with van der Waals surface area (Å²) >= 11 is 1.42. The first-order valence-electron chi connectivity index (χ1n) is 10.1. The average Bonchev–Trinajstić information content (AvgIpc) is 3.31. The lowest BCUT2D eigenvalue weighted by atomic mass is 10.0. The molecule has 1 fully saturated rings. The molecule has 1 aliphatic rings. The molecule has 0 radical (unpaired) electrons. The number of hydrogen-bond donors (Lipinski definition) is 1. The number of nitrogens with one attached hydrogen (secondary N) is 1. The molecular formula is C22H26N4O3S. The summed E-state index contributed by atoms with van der Waals surface area (Å²) in [6, 6.07) is 11.5. The smallest absolute Gasteiger partial charge is 0.230 e. The van der Waals surface area contributed by atoms with Gasteiger partial charge in [-0.25, -0.2) is 9.97 Å². The maximum absolute atomic E-state index is 12.6. The number of carbonyl (C=O) groups excluding carboxylic acids is 1. The molecule has 1 amide bonds. The number of nitrogens with zero attached hydrogens (tertiary/aromatic N) is 3. The summed E-state index contributed by atoms with van der Waals surface area (Å²) in [5.74, 6) is 1.41. The van der Waals surface area contributed by atoms with E-state index in [4.69, 9.17) is 9.15 Å². The van der Waals surface area contributed by atoms with Gasteiger partial charge in [-0.15, -0.1) is 0 Å². The van der Waals surface area contributed by atoms with Crippen molar-refractivity contribution in [1.29, 1.82) is 0 Å². The topological polar surface area (TPSA) is 80.5 Å². The van der Waals surface area contributed by atoms with E-state index in [0.29, 0.717) is 18.1 Å². The van der Waals surface area contributed by atoms with Crippen molar-refractivity contribution in [2.24, 2.45) is 0 Å². The molecule has 1 aliphatic heterocycles. The molecule has 0 unspecified atom stereocenters. The van der Waals surface area contributed by atoms with Gasteiger partial charge in [0.2, 0.25) is 5.91 Å². The van der Waals surface area contributed by atoms with Gasteiger partial charge in [-0.2, -0.15) is 0 Å². The average molecular weight is 427 g/mol. The monoisotopic (exact) mass is 426 g/mol. The Morgan fingerprint density at radius 1 is 1.17 bits per heavy atom. The minimum Gasteiger partial charge on any atom is -0.461 e. The zero-order valence-electron chi connectivity index (χ0n) is 17.3. The minimum absolute atomic E-state index is 0.0106. The Bertz CT molecular complexity index is 1000. The standard InChI is InChI=1S/C22H26N4O3S/c1-22(2,26-9-12-28-13-10-26)15-23-19(27)14-30-21-16-6-3-4-7-17(16)24-20(25-21)18-8-5-11-29-18/h3-8,11H,9-10,12-15H2,1-2H3,(H,23,27). The van der Waals surface area contributed by atoms with Crippen LogP contribution in [0.2, 0.25) is 0 Å². The first-order chi connectivity index (χ1) is 14.5. The van der Waals surface area contributed by atoms with E-state index in [-0.39, 0.29) is 17.2 Å². The SMILES string of the molecule is CC(C)(CNC(=O)CSc1nc(-c2ccco2)nc2ccccc12)N1CCOCC1. The Kier molecular flexibility index (Phi) is 6.36. The van der Waals surface area contributed by atoms with Crippen molar-refractivity contribution < 1.29 is 13.9 Å². The van der Waals surface area contributed by atoms with Gasteiger partial charge in [0.15, 0.2) is 11.6 Å². The van der Waals surface area contributed by atoms with Crippen LogP contribution in [0.25, 0.3) is 22.5 Å². The second-order valence-electron chi connectivity index (χ2n) is 7.82. The van der Waals surface area contributed by atoms with Crippen LogP contribution in [0, 0.1) is 0 Å². The number of furan rings is 1. The van der Waals surface area contributed by atoms with Crippen LogP contribution in [0.15, 0.2) is 52.1 Å². The number of carbonyl (C=O) groups is 1. The number of fused-ring (bicyclic) bond motifs is 1. The molecule has 0 atom stereocenters. The third kappa shape index (κ3) is 4.83. The molecule has 2 aromatic heterocycles. The number of ether oxygens (including phenoxy) is 1. The minimum atomic E-state index is -0.113. The Labute approximate surface area is 180 Å². The largest absolute Gasteiger partial charge is 0.461 e. The molecule has 0 aliphatic carbocycles. The van der Waals surface area contributed by atoms with Crippen molar-refractivity contribution in [1.82, 2.24) is 20.2 Å². The molecule has 8 heteroatoms. The van der Waals surface area contributed by atoms with E-state index in [1.165, 1.54) is 11.8 Å². The van der Waals surface area contributed by atoms with Crippen LogP contribution in [0.3, 0.4) is 0 Å². The van der Waals surface area contributed by atoms with Crippen LogP contribution in [-0.4, -0.2) is 64.9 Å². The Morgan fingerprint density at radius 2 is 1.97 bits per heavy atom. The maximum Gasteiger partial charge on any atom is 0.230 e. The molecular weight excluding hydrogens is 400 g/mol. The molecule has 1 N–H and O–H groups in total. The second-order valence-corrected chi connectivity index (χ2v) is 8.79.